The summed E-state index contributed by atoms with van der Waals surface area (Å²) < 4.78 is 0. The monoisotopic (exact) mass is 275 g/mol. The molecule has 108 valence electrons. The Morgan fingerprint density at radius 1 is 1.15 bits per heavy atom. The van der Waals surface area contributed by atoms with E-state index in [4.69, 9.17) is 0 Å². The largest absolute Gasteiger partial charge is 0.355 e. The van der Waals surface area contributed by atoms with Gasteiger partial charge in [-0.25, -0.2) is 9.97 Å². The van der Waals surface area contributed by atoms with Gasteiger partial charge in [0, 0.05) is 31.7 Å². The maximum Gasteiger partial charge on any atom is 0.270 e. The number of hydrogen-bond acceptors (Lipinski definition) is 5. The SMILES string of the molecule is Cc1nc2c(c(N3CCCN(C)CC3)n1)CCNC2=O. The summed E-state index contributed by atoms with van der Waals surface area (Å²) in [6, 6.07) is 0. The van der Waals surface area contributed by atoms with E-state index >= 15 is 0 Å². The highest BCUT2D eigenvalue weighted by atomic mass is 16.1. The summed E-state index contributed by atoms with van der Waals surface area (Å²) in [6.07, 6.45) is 1.95. The third-order valence-electron chi connectivity index (χ3n) is 3.99. The number of carbonyl (C=O) groups is 1. The van der Waals surface area contributed by atoms with E-state index in [1.165, 1.54) is 0 Å². The Morgan fingerprint density at radius 2 is 2.00 bits per heavy atom. The van der Waals surface area contributed by atoms with E-state index < -0.39 is 0 Å². The van der Waals surface area contributed by atoms with Crippen LogP contribution in [0.2, 0.25) is 0 Å². The maximum absolute atomic E-state index is 12.0. The molecule has 0 saturated carbocycles. The van der Waals surface area contributed by atoms with Gasteiger partial charge in [-0.05, 0) is 33.4 Å². The number of anilines is 1. The Kier molecular flexibility index (Phi) is 3.56. The molecule has 2 aliphatic heterocycles. The molecule has 1 saturated heterocycles. The second-order valence-corrected chi connectivity index (χ2v) is 5.57. The molecule has 3 rings (SSSR count). The number of likely N-dealkylation sites (N-methyl/N-ethyl adjacent to an activating group) is 1. The minimum atomic E-state index is -0.0649. The van der Waals surface area contributed by atoms with Crippen molar-refractivity contribution in [1.29, 1.82) is 0 Å². The lowest BCUT2D eigenvalue weighted by Gasteiger charge is -2.27. The molecular formula is C14H21N5O. The summed E-state index contributed by atoms with van der Waals surface area (Å²) in [7, 11) is 2.15. The molecule has 1 amide bonds. The molecule has 1 aromatic rings. The number of carbonyl (C=O) groups excluding carboxylic acids is 1. The van der Waals surface area contributed by atoms with Gasteiger partial charge in [0.1, 0.15) is 17.3 Å². The van der Waals surface area contributed by atoms with Gasteiger partial charge < -0.3 is 15.1 Å². The molecule has 0 bridgehead atoms. The molecule has 0 spiro atoms. The first-order valence-corrected chi connectivity index (χ1v) is 7.24. The van der Waals surface area contributed by atoms with E-state index in [9.17, 15) is 4.79 Å². The third-order valence-corrected chi connectivity index (χ3v) is 3.99. The van der Waals surface area contributed by atoms with E-state index in [1.54, 1.807) is 0 Å². The van der Waals surface area contributed by atoms with Gasteiger partial charge in [0.15, 0.2) is 0 Å². The van der Waals surface area contributed by atoms with E-state index in [-0.39, 0.29) is 5.91 Å². The summed E-state index contributed by atoms with van der Waals surface area (Å²) in [5.41, 5.74) is 1.58. The van der Waals surface area contributed by atoms with Crippen LogP contribution in [0.5, 0.6) is 0 Å². The molecule has 1 aromatic heterocycles. The molecule has 6 nitrogen and oxygen atoms in total. The van der Waals surface area contributed by atoms with E-state index in [1.807, 2.05) is 6.92 Å². The van der Waals surface area contributed by atoms with Crippen LogP contribution >= 0.6 is 0 Å². The predicted molar refractivity (Wildman–Crippen MR) is 77.1 cm³/mol. The van der Waals surface area contributed by atoms with Gasteiger partial charge in [0.2, 0.25) is 0 Å². The van der Waals surface area contributed by atoms with Crippen LogP contribution in [0.25, 0.3) is 0 Å². The van der Waals surface area contributed by atoms with Crippen molar-refractivity contribution >= 4 is 11.7 Å². The minimum Gasteiger partial charge on any atom is -0.355 e. The number of fused-ring (bicyclic) bond motifs is 1. The van der Waals surface area contributed by atoms with Gasteiger partial charge in [-0.2, -0.15) is 0 Å². The van der Waals surface area contributed by atoms with Crippen molar-refractivity contribution in [3.05, 3.63) is 17.1 Å². The summed E-state index contributed by atoms with van der Waals surface area (Å²) >= 11 is 0. The van der Waals surface area contributed by atoms with Crippen molar-refractivity contribution in [2.24, 2.45) is 0 Å². The Balaban J connectivity index is 1.98. The highest BCUT2D eigenvalue weighted by Crippen LogP contribution is 2.24. The topological polar surface area (TPSA) is 61.4 Å². The lowest BCUT2D eigenvalue weighted by Crippen LogP contribution is -2.37. The highest BCUT2D eigenvalue weighted by molar-refractivity contribution is 5.96. The minimum absolute atomic E-state index is 0.0649. The van der Waals surface area contributed by atoms with Crippen molar-refractivity contribution in [2.75, 3.05) is 44.7 Å². The summed E-state index contributed by atoms with van der Waals surface area (Å²) in [5.74, 6) is 1.58. The van der Waals surface area contributed by atoms with E-state index in [0.29, 0.717) is 18.1 Å². The van der Waals surface area contributed by atoms with Gasteiger partial charge in [-0.1, -0.05) is 0 Å². The molecule has 1 N–H and O–H groups in total. The zero-order valence-electron chi connectivity index (χ0n) is 12.1. The number of rotatable bonds is 1. The van der Waals surface area contributed by atoms with Crippen molar-refractivity contribution in [2.45, 2.75) is 19.8 Å². The van der Waals surface area contributed by atoms with Crippen LogP contribution in [0.3, 0.4) is 0 Å². The zero-order chi connectivity index (χ0) is 14.1. The lowest BCUT2D eigenvalue weighted by atomic mass is 10.1. The second kappa shape index (κ2) is 5.36. The van der Waals surface area contributed by atoms with E-state index in [0.717, 1.165) is 50.4 Å². The van der Waals surface area contributed by atoms with Crippen LogP contribution in [0.1, 0.15) is 28.3 Å². The molecule has 20 heavy (non-hydrogen) atoms. The summed E-state index contributed by atoms with van der Waals surface area (Å²) in [6.45, 7) is 6.64. The number of amides is 1. The first-order chi connectivity index (χ1) is 9.65. The van der Waals surface area contributed by atoms with Crippen molar-refractivity contribution in [3.63, 3.8) is 0 Å². The second-order valence-electron chi connectivity index (χ2n) is 5.57. The van der Waals surface area contributed by atoms with Crippen molar-refractivity contribution in [3.8, 4) is 0 Å². The van der Waals surface area contributed by atoms with Crippen LogP contribution in [0, 0.1) is 6.92 Å². The molecule has 6 heteroatoms. The number of aryl methyl sites for hydroxylation is 1. The zero-order valence-corrected chi connectivity index (χ0v) is 12.1. The Bertz CT molecular complexity index is 531. The fourth-order valence-corrected chi connectivity index (χ4v) is 2.90. The Morgan fingerprint density at radius 3 is 2.85 bits per heavy atom. The van der Waals surface area contributed by atoms with Crippen molar-refractivity contribution in [1.82, 2.24) is 20.2 Å². The van der Waals surface area contributed by atoms with Crippen LogP contribution in [0.4, 0.5) is 5.82 Å². The van der Waals surface area contributed by atoms with Gasteiger partial charge in [0.25, 0.3) is 5.91 Å². The molecule has 3 heterocycles. The molecule has 0 unspecified atom stereocenters. The number of nitrogens with one attached hydrogen (secondary N) is 1. The fraction of sp³-hybridized carbons (Fsp3) is 0.643. The first-order valence-electron chi connectivity index (χ1n) is 7.24. The van der Waals surface area contributed by atoms with Crippen molar-refractivity contribution < 1.29 is 4.79 Å². The molecule has 1 fully saturated rings. The predicted octanol–water partition coefficient (Wildman–Crippen LogP) is 0.213. The average Bonchev–Trinajstić information content (AvgIpc) is 2.64. The van der Waals surface area contributed by atoms with Gasteiger partial charge >= 0.3 is 0 Å². The molecule has 0 radical (unpaired) electrons. The Labute approximate surface area is 119 Å². The number of nitrogens with zero attached hydrogens (tertiary/aromatic N) is 4. The third kappa shape index (κ3) is 2.47. The van der Waals surface area contributed by atoms with Gasteiger partial charge in [-0.3, -0.25) is 4.79 Å². The highest BCUT2D eigenvalue weighted by Gasteiger charge is 2.26. The molecular weight excluding hydrogens is 254 g/mol. The first kappa shape index (κ1) is 13.3. The van der Waals surface area contributed by atoms with Crippen LogP contribution < -0.4 is 10.2 Å². The van der Waals surface area contributed by atoms with Crippen LogP contribution in [0.15, 0.2) is 0 Å². The van der Waals surface area contributed by atoms with Crippen LogP contribution in [-0.2, 0) is 6.42 Å². The van der Waals surface area contributed by atoms with Gasteiger partial charge in [-0.15, -0.1) is 0 Å². The molecule has 2 aliphatic rings. The standard InChI is InChI=1S/C14H21N5O/c1-10-16-12-11(4-5-15-14(12)20)13(17-10)19-7-3-6-18(2)8-9-19/h3-9H2,1-2H3,(H,15,20). The average molecular weight is 275 g/mol. The Hall–Kier alpha value is -1.69. The number of aromatic nitrogens is 2. The molecule has 0 aliphatic carbocycles. The van der Waals surface area contributed by atoms with Crippen LogP contribution in [-0.4, -0.2) is 60.5 Å². The fourth-order valence-electron chi connectivity index (χ4n) is 2.90. The summed E-state index contributed by atoms with van der Waals surface area (Å²) in [4.78, 5) is 25.6. The smallest absolute Gasteiger partial charge is 0.270 e. The van der Waals surface area contributed by atoms with Gasteiger partial charge in [0.05, 0.1) is 0 Å². The molecule has 0 atom stereocenters. The lowest BCUT2D eigenvalue weighted by molar-refractivity contribution is 0.0940. The number of hydrogen-bond donors (Lipinski definition) is 1. The maximum atomic E-state index is 12.0. The molecule has 0 aromatic carbocycles. The summed E-state index contributed by atoms with van der Waals surface area (Å²) in [5, 5.41) is 2.86. The quantitative estimate of drug-likeness (QED) is 0.794. The normalized spacial score (nSPS) is 20.3. The van der Waals surface area contributed by atoms with E-state index in [2.05, 4.69) is 32.1 Å².